The summed E-state index contributed by atoms with van der Waals surface area (Å²) in [6, 6.07) is 12.2. The van der Waals surface area contributed by atoms with Gasteiger partial charge in [-0.1, -0.05) is 18.2 Å². The fourth-order valence-corrected chi connectivity index (χ4v) is 2.46. The molecule has 2 rings (SSSR count). The van der Waals surface area contributed by atoms with E-state index in [1.165, 1.54) is 6.07 Å². The fourth-order valence-electron chi connectivity index (χ4n) is 1.92. The Morgan fingerprint density at radius 2 is 2.10 bits per heavy atom. The maximum absolute atomic E-state index is 13.9. The Hall–Kier alpha value is -1.90. The van der Waals surface area contributed by atoms with Crippen LogP contribution in [0.2, 0.25) is 0 Å². The molecule has 0 radical (unpaired) electrons. The summed E-state index contributed by atoms with van der Waals surface area (Å²) in [5, 5.41) is 8.80. The van der Waals surface area contributed by atoms with E-state index in [1.807, 2.05) is 24.3 Å². The molecular weight excluding hydrogens is 335 g/mol. The highest BCUT2D eigenvalue weighted by Gasteiger charge is 2.09. The average molecular weight is 349 g/mol. The van der Waals surface area contributed by atoms with E-state index in [9.17, 15) is 4.39 Å². The minimum Gasteiger partial charge on any atom is -0.488 e. The van der Waals surface area contributed by atoms with Crippen LogP contribution in [0.25, 0.3) is 0 Å². The topological polar surface area (TPSA) is 59.0 Å². The summed E-state index contributed by atoms with van der Waals surface area (Å²) in [5.41, 5.74) is 6.99. The number of nitrogens with zero attached hydrogens (tertiary/aromatic N) is 1. The lowest BCUT2D eigenvalue weighted by Gasteiger charge is -2.10. The van der Waals surface area contributed by atoms with Gasteiger partial charge in [-0.15, -0.1) is 0 Å². The van der Waals surface area contributed by atoms with Crippen LogP contribution in [0.5, 0.6) is 5.75 Å². The smallest absolute Gasteiger partial charge is 0.147 e. The largest absolute Gasteiger partial charge is 0.488 e. The Morgan fingerprint density at radius 3 is 2.76 bits per heavy atom. The SMILES string of the molecule is N#Cc1cccc(COc2ccc(CCN)cc2Br)c1F. The number of hydrogen-bond acceptors (Lipinski definition) is 3. The standard InChI is InChI=1S/C16H14BrFN2O/c17-14-8-11(6-7-19)4-5-15(14)21-10-13-3-1-2-12(9-20)16(13)18/h1-5,8H,6-7,10,19H2. The molecule has 0 unspecified atom stereocenters. The van der Waals surface area contributed by atoms with Gasteiger partial charge in [0.1, 0.15) is 24.2 Å². The monoisotopic (exact) mass is 348 g/mol. The first-order valence-electron chi connectivity index (χ1n) is 6.44. The molecule has 0 saturated carbocycles. The molecule has 0 spiro atoms. The molecule has 2 N–H and O–H groups in total. The van der Waals surface area contributed by atoms with Crippen molar-refractivity contribution in [2.45, 2.75) is 13.0 Å². The van der Waals surface area contributed by atoms with Gasteiger partial charge in [0.05, 0.1) is 10.0 Å². The highest BCUT2D eigenvalue weighted by molar-refractivity contribution is 9.10. The van der Waals surface area contributed by atoms with Gasteiger partial charge in [0.15, 0.2) is 0 Å². The Balaban J connectivity index is 2.12. The minimum atomic E-state index is -0.532. The van der Waals surface area contributed by atoms with E-state index in [4.69, 9.17) is 15.7 Å². The van der Waals surface area contributed by atoms with Gasteiger partial charge in [0.25, 0.3) is 0 Å². The van der Waals surface area contributed by atoms with Crippen LogP contribution in [-0.2, 0) is 13.0 Å². The van der Waals surface area contributed by atoms with E-state index in [2.05, 4.69) is 15.9 Å². The second-order valence-electron chi connectivity index (χ2n) is 4.48. The average Bonchev–Trinajstić information content (AvgIpc) is 2.48. The van der Waals surface area contributed by atoms with Gasteiger partial charge in [0, 0.05) is 5.56 Å². The quantitative estimate of drug-likeness (QED) is 0.898. The zero-order valence-corrected chi connectivity index (χ0v) is 12.9. The van der Waals surface area contributed by atoms with Gasteiger partial charge in [0.2, 0.25) is 0 Å². The summed E-state index contributed by atoms with van der Waals surface area (Å²) >= 11 is 3.43. The third-order valence-electron chi connectivity index (χ3n) is 3.01. The highest BCUT2D eigenvalue weighted by Crippen LogP contribution is 2.27. The van der Waals surface area contributed by atoms with Crippen molar-refractivity contribution in [2.24, 2.45) is 5.73 Å². The van der Waals surface area contributed by atoms with Crippen LogP contribution in [0.4, 0.5) is 4.39 Å². The van der Waals surface area contributed by atoms with Gasteiger partial charge in [-0.25, -0.2) is 4.39 Å². The number of ether oxygens (including phenoxy) is 1. The third kappa shape index (κ3) is 3.81. The van der Waals surface area contributed by atoms with E-state index >= 15 is 0 Å². The fraction of sp³-hybridized carbons (Fsp3) is 0.188. The molecule has 0 amide bonds. The predicted molar refractivity (Wildman–Crippen MR) is 82.3 cm³/mol. The van der Waals surface area contributed by atoms with E-state index in [-0.39, 0.29) is 12.2 Å². The molecule has 21 heavy (non-hydrogen) atoms. The first kappa shape index (κ1) is 15.5. The Bertz CT molecular complexity index is 682. The molecule has 0 saturated heterocycles. The number of halogens is 2. The normalized spacial score (nSPS) is 10.2. The van der Waals surface area contributed by atoms with Crippen LogP contribution < -0.4 is 10.5 Å². The number of benzene rings is 2. The van der Waals surface area contributed by atoms with Crippen LogP contribution in [0.1, 0.15) is 16.7 Å². The molecule has 2 aromatic carbocycles. The van der Waals surface area contributed by atoms with Gasteiger partial charge in [-0.05, 0) is 52.7 Å². The molecule has 2 aromatic rings. The predicted octanol–water partition coefficient (Wildman–Crippen LogP) is 3.54. The molecule has 0 aromatic heterocycles. The van der Waals surface area contributed by atoms with Crippen LogP contribution in [0.3, 0.4) is 0 Å². The molecular formula is C16H14BrFN2O. The molecule has 0 bridgehead atoms. The Morgan fingerprint density at radius 1 is 1.29 bits per heavy atom. The van der Waals surface area contributed by atoms with Crippen molar-refractivity contribution in [2.75, 3.05) is 6.54 Å². The van der Waals surface area contributed by atoms with Crippen molar-refractivity contribution >= 4 is 15.9 Å². The Labute approximate surface area is 131 Å². The van der Waals surface area contributed by atoms with Crippen molar-refractivity contribution in [3.8, 4) is 11.8 Å². The van der Waals surface area contributed by atoms with Crippen LogP contribution in [0.15, 0.2) is 40.9 Å². The minimum absolute atomic E-state index is 0.0217. The second kappa shape index (κ2) is 7.21. The van der Waals surface area contributed by atoms with E-state index < -0.39 is 5.82 Å². The van der Waals surface area contributed by atoms with E-state index in [0.717, 1.165) is 16.5 Å². The molecule has 108 valence electrons. The lowest BCUT2D eigenvalue weighted by atomic mass is 10.1. The van der Waals surface area contributed by atoms with Crippen molar-refractivity contribution in [1.29, 1.82) is 5.26 Å². The van der Waals surface area contributed by atoms with Gasteiger partial charge in [-0.2, -0.15) is 5.26 Å². The molecule has 0 atom stereocenters. The molecule has 3 nitrogen and oxygen atoms in total. The van der Waals surface area contributed by atoms with Crippen LogP contribution >= 0.6 is 15.9 Å². The number of rotatable bonds is 5. The number of nitriles is 1. The summed E-state index contributed by atoms with van der Waals surface area (Å²) < 4.78 is 20.3. The van der Waals surface area contributed by atoms with E-state index in [1.54, 1.807) is 12.1 Å². The maximum Gasteiger partial charge on any atom is 0.147 e. The van der Waals surface area contributed by atoms with Crippen molar-refractivity contribution < 1.29 is 9.13 Å². The molecule has 0 fully saturated rings. The van der Waals surface area contributed by atoms with Crippen LogP contribution in [0, 0.1) is 17.1 Å². The second-order valence-corrected chi connectivity index (χ2v) is 5.34. The zero-order valence-electron chi connectivity index (χ0n) is 11.3. The van der Waals surface area contributed by atoms with Gasteiger partial charge >= 0.3 is 0 Å². The summed E-state index contributed by atoms with van der Waals surface area (Å²) in [6.07, 6.45) is 0.789. The highest BCUT2D eigenvalue weighted by atomic mass is 79.9. The molecule has 0 aliphatic rings. The first-order valence-corrected chi connectivity index (χ1v) is 7.23. The maximum atomic E-state index is 13.9. The molecule has 0 aliphatic carbocycles. The van der Waals surface area contributed by atoms with Crippen molar-refractivity contribution in [1.82, 2.24) is 0 Å². The lowest BCUT2D eigenvalue weighted by molar-refractivity contribution is 0.298. The van der Waals surface area contributed by atoms with Crippen LogP contribution in [-0.4, -0.2) is 6.54 Å². The van der Waals surface area contributed by atoms with E-state index in [0.29, 0.717) is 17.9 Å². The molecule has 5 heteroatoms. The first-order chi connectivity index (χ1) is 10.2. The van der Waals surface area contributed by atoms with Crippen molar-refractivity contribution in [3.63, 3.8) is 0 Å². The van der Waals surface area contributed by atoms with Crippen molar-refractivity contribution in [3.05, 3.63) is 63.4 Å². The summed E-state index contributed by atoms with van der Waals surface area (Å²) in [5.74, 6) is 0.0911. The Kier molecular flexibility index (Phi) is 5.32. The molecule has 0 heterocycles. The number of nitrogens with two attached hydrogens (primary N) is 1. The summed E-state index contributed by atoms with van der Waals surface area (Å²) in [6.45, 7) is 0.648. The summed E-state index contributed by atoms with van der Waals surface area (Å²) in [7, 11) is 0. The lowest BCUT2D eigenvalue weighted by Crippen LogP contribution is -2.03. The third-order valence-corrected chi connectivity index (χ3v) is 3.63. The zero-order chi connectivity index (χ0) is 15.2. The molecule has 0 aliphatic heterocycles. The number of hydrogen-bond donors (Lipinski definition) is 1. The summed E-state index contributed by atoms with van der Waals surface area (Å²) in [4.78, 5) is 0. The van der Waals surface area contributed by atoms with Gasteiger partial charge < -0.3 is 10.5 Å². The van der Waals surface area contributed by atoms with Gasteiger partial charge in [-0.3, -0.25) is 0 Å².